The number of hydrogen-bond acceptors (Lipinski definition) is 2. The van der Waals surface area contributed by atoms with Gasteiger partial charge >= 0.3 is 0 Å². The van der Waals surface area contributed by atoms with Crippen molar-refractivity contribution in [2.45, 2.75) is 25.6 Å². The maximum atomic E-state index is 4.19. The largest absolute Gasteiger partial charge is 0.285 e. The molecule has 0 spiro atoms. The van der Waals surface area contributed by atoms with Gasteiger partial charge in [0.15, 0.2) is 0 Å². The first-order chi connectivity index (χ1) is 5.75. The molecule has 0 saturated heterocycles. The minimum absolute atomic E-state index is 0.799. The Morgan fingerprint density at radius 3 is 3.00 bits per heavy atom. The van der Waals surface area contributed by atoms with Crippen molar-refractivity contribution in [3.8, 4) is 0 Å². The highest BCUT2D eigenvalue weighted by Crippen LogP contribution is 2.25. The number of nitrogens with zero attached hydrogens (tertiary/aromatic N) is 3. The molecule has 0 aliphatic heterocycles. The van der Waals surface area contributed by atoms with Gasteiger partial charge in [0.1, 0.15) is 0 Å². The van der Waals surface area contributed by atoms with Crippen LogP contribution in [0.25, 0.3) is 0 Å². The second-order valence-electron chi connectivity index (χ2n) is 3.33. The molecule has 0 amide bonds. The van der Waals surface area contributed by atoms with Crippen LogP contribution in [0, 0.1) is 0 Å². The van der Waals surface area contributed by atoms with E-state index in [4.69, 9.17) is 0 Å². The molecule has 66 valence electrons. The molecule has 1 aliphatic carbocycles. The highest BCUT2D eigenvalue weighted by molar-refractivity contribution is 9.10. The lowest BCUT2D eigenvalue weighted by molar-refractivity contribution is 0.244. The molecule has 0 radical (unpaired) electrons. The van der Waals surface area contributed by atoms with Gasteiger partial charge in [0.25, 0.3) is 0 Å². The zero-order chi connectivity index (χ0) is 8.55. The van der Waals surface area contributed by atoms with Gasteiger partial charge in [-0.05, 0) is 35.8 Å². The summed E-state index contributed by atoms with van der Waals surface area (Å²) in [6.45, 7) is 0.899. The highest BCUT2D eigenvalue weighted by atomic mass is 79.9. The second kappa shape index (κ2) is 3.18. The fourth-order valence-electron chi connectivity index (χ4n) is 1.28. The van der Waals surface area contributed by atoms with Crippen LogP contribution < -0.4 is 0 Å². The third-order valence-electron chi connectivity index (χ3n) is 2.14. The van der Waals surface area contributed by atoms with Crippen molar-refractivity contribution < 1.29 is 0 Å². The molecule has 12 heavy (non-hydrogen) atoms. The van der Waals surface area contributed by atoms with Gasteiger partial charge in [0.05, 0.1) is 17.3 Å². The Kier molecular flexibility index (Phi) is 2.19. The van der Waals surface area contributed by atoms with Gasteiger partial charge in [0, 0.05) is 12.2 Å². The number of aromatic nitrogens is 2. The summed E-state index contributed by atoms with van der Waals surface area (Å²) >= 11 is 3.37. The summed E-state index contributed by atoms with van der Waals surface area (Å²) in [7, 11) is 2.15. The normalized spacial score (nSPS) is 17.2. The molecule has 0 unspecified atom stereocenters. The molecule has 1 saturated carbocycles. The topological polar surface area (TPSA) is 21.1 Å². The Labute approximate surface area is 80.5 Å². The maximum absolute atomic E-state index is 4.19. The summed E-state index contributed by atoms with van der Waals surface area (Å²) in [5.41, 5.74) is 0. The summed E-state index contributed by atoms with van der Waals surface area (Å²) in [4.78, 5) is 2.33. The van der Waals surface area contributed by atoms with E-state index in [-0.39, 0.29) is 0 Å². The molecule has 0 aromatic carbocycles. The van der Waals surface area contributed by atoms with Crippen LogP contribution in [-0.2, 0) is 6.67 Å². The van der Waals surface area contributed by atoms with Gasteiger partial charge in [-0.25, -0.2) is 0 Å². The number of halogens is 1. The fraction of sp³-hybridized carbons (Fsp3) is 0.625. The second-order valence-corrected chi connectivity index (χ2v) is 4.24. The van der Waals surface area contributed by atoms with E-state index in [0.29, 0.717) is 0 Å². The zero-order valence-corrected chi connectivity index (χ0v) is 8.66. The first-order valence-electron chi connectivity index (χ1n) is 4.14. The van der Waals surface area contributed by atoms with E-state index in [2.05, 4.69) is 33.0 Å². The van der Waals surface area contributed by atoms with Crippen molar-refractivity contribution in [3.05, 3.63) is 16.9 Å². The van der Waals surface area contributed by atoms with Crippen molar-refractivity contribution in [2.75, 3.05) is 7.05 Å². The maximum Gasteiger partial charge on any atom is 0.0929 e. The van der Waals surface area contributed by atoms with Gasteiger partial charge in [-0.3, -0.25) is 9.58 Å². The van der Waals surface area contributed by atoms with Gasteiger partial charge in [-0.1, -0.05) is 0 Å². The molecule has 0 N–H and O–H groups in total. The van der Waals surface area contributed by atoms with Crippen LogP contribution in [0.5, 0.6) is 0 Å². The average Bonchev–Trinajstić information content (AvgIpc) is 2.78. The van der Waals surface area contributed by atoms with Gasteiger partial charge < -0.3 is 0 Å². The first-order valence-corrected chi connectivity index (χ1v) is 4.93. The van der Waals surface area contributed by atoms with E-state index in [1.807, 2.05) is 17.1 Å². The summed E-state index contributed by atoms with van der Waals surface area (Å²) in [5, 5.41) is 4.19. The van der Waals surface area contributed by atoms with E-state index >= 15 is 0 Å². The van der Waals surface area contributed by atoms with E-state index in [1.165, 1.54) is 12.8 Å². The monoisotopic (exact) mass is 229 g/mol. The molecule has 4 heteroatoms. The molecular formula is C8H12BrN3. The van der Waals surface area contributed by atoms with E-state index in [9.17, 15) is 0 Å². The van der Waals surface area contributed by atoms with Gasteiger partial charge in [0.2, 0.25) is 0 Å². The van der Waals surface area contributed by atoms with E-state index < -0.39 is 0 Å². The lowest BCUT2D eigenvalue weighted by atomic mass is 10.6. The van der Waals surface area contributed by atoms with Crippen molar-refractivity contribution in [1.29, 1.82) is 0 Å². The number of rotatable bonds is 3. The van der Waals surface area contributed by atoms with Gasteiger partial charge in [-0.15, -0.1) is 0 Å². The Morgan fingerprint density at radius 2 is 2.50 bits per heavy atom. The van der Waals surface area contributed by atoms with Crippen molar-refractivity contribution in [1.82, 2.24) is 14.7 Å². The van der Waals surface area contributed by atoms with Crippen molar-refractivity contribution in [2.24, 2.45) is 0 Å². The molecule has 0 atom stereocenters. The zero-order valence-electron chi connectivity index (χ0n) is 7.07. The van der Waals surface area contributed by atoms with Crippen LogP contribution in [-0.4, -0.2) is 27.8 Å². The highest BCUT2D eigenvalue weighted by Gasteiger charge is 2.25. The molecular weight excluding hydrogens is 218 g/mol. The Hall–Kier alpha value is -0.350. The SMILES string of the molecule is CN(Cn1cc(Br)cn1)C1CC1. The molecule has 2 rings (SSSR count). The third kappa shape index (κ3) is 1.87. The molecule has 1 aliphatic rings. The third-order valence-corrected chi connectivity index (χ3v) is 2.55. The average molecular weight is 230 g/mol. The van der Waals surface area contributed by atoms with Crippen LogP contribution in [0.1, 0.15) is 12.8 Å². The minimum Gasteiger partial charge on any atom is -0.285 e. The molecule has 0 bridgehead atoms. The standard InChI is InChI=1S/C8H12BrN3/c1-11(8-2-3-8)6-12-5-7(9)4-10-12/h4-5,8H,2-3,6H2,1H3. The predicted octanol–water partition coefficient (Wildman–Crippen LogP) is 1.70. The van der Waals surface area contributed by atoms with Crippen molar-refractivity contribution in [3.63, 3.8) is 0 Å². The summed E-state index contributed by atoms with van der Waals surface area (Å²) in [6.07, 6.45) is 6.51. The van der Waals surface area contributed by atoms with Crippen LogP contribution in [0.4, 0.5) is 0 Å². The minimum atomic E-state index is 0.799. The smallest absolute Gasteiger partial charge is 0.0929 e. The van der Waals surface area contributed by atoms with E-state index in [1.54, 1.807) is 0 Å². The molecule has 1 heterocycles. The van der Waals surface area contributed by atoms with Crippen LogP contribution in [0.2, 0.25) is 0 Å². The van der Waals surface area contributed by atoms with Crippen LogP contribution in [0.15, 0.2) is 16.9 Å². The Bertz CT molecular complexity index is 267. The Morgan fingerprint density at radius 1 is 1.75 bits per heavy atom. The lowest BCUT2D eigenvalue weighted by Crippen LogP contribution is -2.24. The van der Waals surface area contributed by atoms with Crippen LogP contribution >= 0.6 is 15.9 Å². The predicted molar refractivity (Wildman–Crippen MR) is 50.7 cm³/mol. The molecule has 1 aromatic heterocycles. The summed E-state index contributed by atoms with van der Waals surface area (Å²) in [5.74, 6) is 0. The quantitative estimate of drug-likeness (QED) is 0.787. The fourth-order valence-corrected chi connectivity index (χ4v) is 1.60. The molecule has 3 nitrogen and oxygen atoms in total. The molecule has 1 fully saturated rings. The van der Waals surface area contributed by atoms with E-state index in [0.717, 1.165) is 17.2 Å². The first kappa shape index (κ1) is 8.26. The number of hydrogen-bond donors (Lipinski definition) is 0. The molecule has 1 aromatic rings. The van der Waals surface area contributed by atoms with Gasteiger partial charge in [-0.2, -0.15) is 5.10 Å². The van der Waals surface area contributed by atoms with Crippen LogP contribution in [0.3, 0.4) is 0 Å². The van der Waals surface area contributed by atoms with Crippen molar-refractivity contribution >= 4 is 15.9 Å². The lowest BCUT2D eigenvalue weighted by Gasteiger charge is -2.14. The Balaban J connectivity index is 1.93. The summed E-state index contributed by atoms with van der Waals surface area (Å²) < 4.78 is 2.99. The summed E-state index contributed by atoms with van der Waals surface area (Å²) in [6, 6.07) is 0.799.